The van der Waals surface area contributed by atoms with Gasteiger partial charge in [-0.05, 0) is 24.0 Å². The highest BCUT2D eigenvalue weighted by Crippen LogP contribution is 2.37. The summed E-state index contributed by atoms with van der Waals surface area (Å²) in [7, 11) is 0. The average Bonchev–Trinajstić information content (AvgIpc) is 3.71. The quantitative estimate of drug-likeness (QED) is 0.598. The maximum absolute atomic E-state index is 13.8. The largest absolute Gasteiger partial charge is 0.445 e. The van der Waals surface area contributed by atoms with E-state index in [0.29, 0.717) is 6.61 Å². The molecule has 9 heteroatoms. The SMILES string of the molecule is O=C(OCc1ccccc1)N1CCC(F)(CO)CC1.O=C(OCc1ccccc1)N1CCC2(CC1)CO2. The van der Waals surface area contributed by atoms with Gasteiger partial charge in [-0.3, -0.25) is 0 Å². The number of likely N-dealkylation sites (tertiary alicyclic amines) is 2. The van der Waals surface area contributed by atoms with Gasteiger partial charge >= 0.3 is 12.2 Å². The molecular formula is C28H35FN2O6. The molecule has 37 heavy (non-hydrogen) atoms. The molecule has 3 aliphatic rings. The van der Waals surface area contributed by atoms with Gasteiger partial charge in [-0.25, -0.2) is 14.0 Å². The zero-order valence-electron chi connectivity index (χ0n) is 21.0. The van der Waals surface area contributed by atoms with Crippen molar-refractivity contribution in [1.29, 1.82) is 0 Å². The summed E-state index contributed by atoms with van der Waals surface area (Å²) in [5.41, 5.74) is 0.500. The van der Waals surface area contributed by atoms with Crippen molar-refractivity contribution in [3.05, 3.63) is 71.8 Å². The summed E-state index contributed by atoms with van der Waals surface area (Å²) in [6.07, 6.45) is 1.55. The average molecular weight is 515 g/mol. The third kappa shape index (κ3) is 7.90. The van der Waals surface area contributed by atoms with Crippen molar-refractivity contribution in [3.8, 4) is 0 Å². The molecule has 5 rings (SSSR count). The van der Waals surface area contributed by atoms with Crippen molar-refractivity contribution in [2.45, 2.75) is 50.2 Å². The lowest BCUT2D eigenvalue weighted by atomic mass is 9.95. The molecule has 200 valence electrons. The minimum absolute atomic E-state index is 0.107. The first-order valence-electron chi connectivity index (χ1n) is 12.8. The van der Waals surface area contributed by atoms with Crippen molar-refractivity contribution in [2.24, 2.45) is 0 Å². The second kappa shape index (κ2) is 12.4. The number of rotatable bonds is 5. The number of hydrogen-bond acceptors (Lipinski definition) is 6. The predicted molar refractivity (Wildman–Crippen MR) is 134 cm³/mol. The number of piperidine rings is 2. The molecule has 2 aromatic rings. The van der Waals surface area contributed by atoms with Crippen molar-refractivity contribution >= 4 is 12.2 Å². The Morgan fingerprint density at radius 1 is 0.784 bits per heavy atom. The minimum Gasteiger partial charge on any atom is -0.445 e. The molecule has 0 atom stereocenters. The summed E-state index contributed by atoms with van der Waals surface area (Å²) in [5.74, 6) is 0. The Hall–Kier alpha value is -3.17. The molecular weight excluding hydrogens is 479 g/mol. The molecule has 2 amide bonds. The lowest BCUT2D eigenvalue weighted by Gasteiger charge is -2.34. The number of amides is 2. The molecule has 2 aromatic carbocycles. The Balaban J connectivity index is 0.000000173. The summed E-state index contributed by atoms with van der Waals surface area (Å²) in [4.78, 5) is 26.9. The van der Waals surface area contributed by atoms with Gasteiger partial charge in [-0.1, -0.05) is 60.7 Å². The van der Waals surface area contributed by atoms with E-state index in [4.69, 9.17) is 19.3 Å². The van der Waals surface area contributed by atoms with Crippen LogP contribution in [0.5, 0.6) is 0 Å². The number of aliphatic hydroxyl groups excluding tert-OH is 1. The lowest BCUT2D eigenvalue weighted by molar-refractivity contribution is 0.00532. The van der Waals surface area contributed by atoms with Crippen LogP contribution in [0, 0.1) is 0 Å². The van der Waals surface area contributed by atoms with E-state index >= 15 is 0 Å². The zero-order valence-corrected chi connectivity index (χ0v) is 21.0. The molecule has 1 spiro atoms. The normalized spacial score (nSPS) is 19.4. The molecule has 0 radical (unpaired) electrons. The number of nitrogens with zero attached hydrogens (tertiary/aromatic N) is 2. The Kier molecular flexibility index (Phi) is 9.00. The third-order valence-corrected chi connectivity index (χ3v) is 7.10. The Morgan fingerprint density at radius 2 is 1.19 bits per heavy atom. The Bertz CT molecular complexity index is 1000. The highest BCUT2D eigenvalue weighted by atomic mass is 19.1. The first-order chi connectivity index (χ1) is 17.9. The van der Waals surface area contributed by atoms with Gasteiger partial charge in [0.25, 0.3) is 0 Å². The van der Waals surface area contributed by atoms with Crippen molar-refractivity contribution in [3.63, 3.8) is 0 Å². The van der Waals surface area contributed by atoms with E-state index in [1.165, 1.54) is 4.90 Å². The fraction of sp³-hybridized carbons (Fsp3) is 0.500. The van der Waals surface area contributed by atoms with Crippen LogP contribution < -0.4 is 0 Å². The highest BCUT2D eigenvalue weighted by Gasteiger charge is 2.47. The first-order valence-corrected chi connectivity index (χ1v) is 12.8. The number of ether oxygens (including phenoxy) is 3. The summed E-state index contributed by atoms with van der Waals surface area (Å²) in [6, 6.07) is 19.1. The monoisotopic (exact) mass is 514 g/mol. The van der Waals surface area contributed by atoms with E-state index < -0.39 is 18.4 Å². The molecule has 0 aliphatic carbocycles. The first kappa shape index (κ1) is 26.9. The maximum Gasteiger partial charge on any atom is 0.410 e. The summed E-state index contributed by atoms with van der Waals surface area (Å²) in [6.45, 7) is 2.99. The van der Waals surface area contributed by atoms with Gasteiger partial charge in [0.15, 0.2) is 0 Å². The number of hydrogen-bond donors (Lipinski definition) is 1. The molecule has 0 aromatic heterocycles. The van der Waals surface area contributed by atoms with Gasteiger partial charge in [0.1, 0.15) is 18.9 Å². The van der Waals surface area contributed by atoms with E-state index in [1.807, 2.05) is 60.7 Å². The summed E-state index contributed by atoms with van der Waals surface area (Å²) < 4.78 is 29.6. The predicted octanol–water partition coefficient (Wildman–Crippen LogP) is 4.31. The zero-order chi connectivity index (χ0) is 26.1. The molecule has 0 unspecified atom stereocenters. The van der Waals surface area contributed by atoms with Gasteiger partial charge in [0.2, 0.25) is 0 Å². The van der Waals surface area contributed by atoms with E-state index in [0.717, 1.165) is 43.7 Å². The van der Waals surface area contributed by atoms with Crippen LogP contribution in [0.15, 0.2) is 60.7 Å². The topological polar surface area (TPSA) is 91.8 Å². The number of alkyl halides is 1. The molecule has 3 heterocycles. The number of carbonyl (C=O) groups excluding carboxylic acids is 2. The fourth-order valence-corrected chi connectivity index (χ4v) is 4.36. The molecule has 0 bridgehead atoms. The standard InChI is InChI=1S/C14H18FNO3.C14H17NO3/c15-14(11-17)6-8-16(9-7-14)13(18)19-10-12-4-2-1-3-5-12;16-13(17-10-12-4-2-1-3-5-12)15-8-6-14(7-9-15)11-18-14/h1-5,17H,6-11H2;1-5H,6-11H2. The van der Waals surface area contributed by atoms with E-state index in [-0.39, 0.29) is 44.2 Å². The molecule has 0 saturated carbocycles. The van der Waals surface area contributed by atoms with Gasteiger partial charge in [-0.15, -0.1) is 0 Å². The van der Waals surface area contributed by atoms with E-state index in [9.17, 15) is 14.0 Å². The van der Waals surface area contributed by atoms with Crippen molar-refractivity contribution in [2.75, 3.05) is 39.4 Å². The van der Waals surface area contributed by atoms with Crippen LogP contribution >= 0.6 is 0 Å². The van der Waals surface area contributed by atoms with Gasteiger partial charge in [-0.2, -0.15) is 0 Å². The molecule has 8 nitrogen and oxygen atoms in total. The second-order valence-corrected chi connectivity index (χ2v) is 9.84. The lowest BCUT2D eigenvalue weighted by Crippen LogP contribution is -2.46. The fourth-order valence-electron chi connectivity index (χ4n) is 4.36. The minimum atomic E-state index is -1.55. The Labute approximate surface area is 216 Å². The number of aliphatic hydroxyl groups is 1. The van der Waals surface area contributed by atoms with Crippen molar-refractivity contribution < 1.29 is 33.3 Å². The van der Waals surface area contributed by atoms with Crippen LogP contribution in [0.3, 0.4) is 0 Å². The second-order valence-electron chi connectivity index (χ2n) is 9.84. The molecule has 3 fully saturated rings. The highest BCUT2D eigenvalue weighted by molar-refractivity contribution is 5.68. The number of halogens is 1. The van der Waals surface area contributed by atoms with Crippen LogP contribution in [-0.4, -0.2) is 77.8 Å². The summed E-state index contributed by atoms with van der Waals surface area (Å²) >= 11 is 0. The molecule has 1 N–H and O–H groups in total. The van der Waals surface area contributed by atoms with Crippen LogP contribution in [0.4, 0.5) is 14.0 Å². The van der Waals surface area contributed by atoms with Crippen molar-refractivity contribution in [1.82, 2.24) is 9.80 Å². The van der Waals surface area contributed by atoms with E-state index in [1.54, 1.807) is 4.90 Å². The number of epoxide rings is 1. The van der Waals surface area contributed by atoms with E-state index in [2.05, 4.69) is 0 Å². The molecule has 3 aliphatic heterocycles. The van der Waals surface area contributed by atoms with Crippen LogP contribution in [0.25, 0.3) is 0 Å². The van der Waals surface area contributed by atoms with Crippen LogP contribution in [-0.2, 0) is 27.4 Å². The van der Waals surface area contributed by atoms with Gasteiger partial charge in [0, 0.05) is 39.0 Å². The third-order valence-electron chi connectivity index (χ3n) is 7.10. The number of benzene rings is 2. The van der Waals surface area contributed by atoms with Crippen LogP contribution in [0.2, 0.25) is 0 Å². The van der Waals surface area contributed by atoms with Gasteiger partial charge < -0.3 is 29.1 Å². The van der Waals surface area contributed by atoms with Gasteiger partial charge in [0.05, 0.1) is 18.8 Å². The van der Waals surface area contributed by atoms with Crippen LogP contribution in [0.1, 0.15) is 36.8 Å². The maximum atomic E-state index is 13.8. The Morgan fingerprint density at radius 3 is 1.57 bits per heavy atom. The number of carbonyl (C=O) groups is 2. The smallest absolute Gasteiger partial charge is 0.410 e. The molecule has 3 saturated heterocycles. The summed E-state index contributed by atoms with van der Waals surface area (Å²) in [5, 5.41) is 8.92.